The van der Waals surface area contributed by atoms with E-state index >= 15 is 0 Å². The molecular formula is C13H17N3OS. The van der Waals surface area contributed by atoms with Gasteiger partial charge in [0, 0.05) is 17.5 Å². The van der Waals surface area contributed by atoms with Crippen molar-refractivity contribution >= 4 is 11.3 Å². The number of nitrogens with zero attached hydrogens (tertiary/aromatic N) is 1. The summed E-state index contributed by atoms with van der Waals surface area (Å²) < 4.78 is 5.50. The van der Waals surface area contributed by atoms with Crippen LogP contribution in [0.1, 0.15) is 23.4 Å². The summed E-state index contributed by atoms with van der Waals surface area (Å²) in [7, 11) is 0. The molecule has 4 nitrogen and oxygen atoms in total. The Morgan fingerprint density at radius 2 is 2.39 bits per heavy atom. The first kappa shape index (κ1) is 13.0. The van der Waals surface area contributed by atoms with E-state index in [1.54, 1.807) is 11.3 Å². The van der Waals surface area contributed by atoms with Crippen molar-refractivity contribution in [3.63, 3.8) is 0 Å². The third-order valence-electron chi connectivity index (χ3n) is 2.66. The van der Waals surface area contributed by atoms with Crippen LogP contribution in [0.15, 0.2) is 36.0 Å². The highest BCUT2D eigenvalue weighted by Crippen LogP contribution is 2.23. The lowest BCUT2D eigenvalue weighted by atomic mass is 10.0. The summed E-state index contributed by atoms with van der Waals surface area (Å²) in [4.78, 5) is 5.28. The van der Waals surface area contributed by atoms with Gasteiger partial charge in [-0.05, 0) is 24.6 Å². The molecule has 96 valence electrons. The van der Waals surface area contributed by atoms with E-state index in [0.29, 0.717) is 6.61 Å². The molecule has 0 saturated heterocycles. The summed E-state index contributed by atoms with van der Waals surface area (Å²) in [5.41, 5.74) is 5.80. The van der Waals surface area contributed by atoms with Crippen LogP contribution in [0.3, 0.4) is 0 Å². The number of benzene rings is 1. The molecule has 0 saturated carbocycles. The number of thiazole rings is 1. The Labute approximate surface area is 111 Å². The standard InChI is InChI=1S/C13H17N3OS/c1-2-17-11-5-3-4-10(6-11)13(16-14)7-12-8-15-9-18-12/h3-6,8-9,13,16H,2,7,14H2,1H3. The summed E-state index contributed by atoms with van der Waals surface area (Å²) in [6, 6.07) is 8.08. The van der Waals surface area contributed by atoms with Gasteiger partial charge in [0.05, 0.1) is 18.2 Å². The molecule has 18 heavy (non-hydrogen) atoms. The molecule has 3 N–H and O–H groups in total. The van der Waals surface area contributed by atoms with Crippen LogP contribution < -0.4 is 16.0 Å². The lowest BCUT2D eigenvalue weighted by molar-refractivity contribution is 0.339. The Balaban J connectivity index is 2.13. The number of hydrogen-bond acceptors (Lipinski definition) is 5. The molecule has 0 aliphatic rings. The maximum atomic E-state index is 5.64. The fraction of sp³-hybridized carbons (Fsp3) is 0.308. The average molecular weight is 263 g/mol. The van der Waals surface area contributed by atoms with Crippen LogP contribution in [0, 0.1) is 0 Å². The van der Waals surface area contributed by atoms with Gasteiger partial charge in [0.2, 0.25) is 0 Å². The van der Waals surface area contributed by atoms with Crippen LogP contribution in [0.4, 0.5) is 0 Å². The van der Waals surface area contributed by atoms with Crippen molar-refractivity contribution in [1.82, 2.24) is 10.4 Å². The molecule has 0 amide bonds. The number of nitrogens with two attached hydrogens (primary N) is 1. The number of rotatable bonds is 6. The van der Waals surface area contributed by atoms with Crippen molar-refractivity contribution in [1.29, 1.82) is 0 Å². The van der Waals surface area contributed by atoms with E-state index in [9.17, 15) is 0 Å². The quantitative estimate of drug-likeness (QED) is 0.620. The Kier molecular flexibility index (Phi) is 4.69. The third kappa shape index (κ3) is 3.29. The lowest BCUT2D eigenvalue weighted by Gasteiger charge is -2.16. The largest absolute Gasteiger partial charge is 0.494 e. The molecule has 1 aromatic heterocycles. The predicted octanol–water partition coefficient (Wildman–Crippen LogP) is 2.29. The normalized spacial score (nSPS) is 12.3. The Hall–Kier alpha value is -1.43. The molecule has 1 heterocycles. The second kappa shape index (κ2) is 6.49. The van der Waals surface area contributed by atoms with E-state index in [1.165, 1.54) is 4.88 Å². The molecule has 0 bridgehead atoms. The van der Waals surface area contributed by atoms with Gasteiger partial charge in [0.1, 0.15) is 5.75 Å². The Bertz CT molecular complexity index is 473. The van der Waals surface area contributed by atoms with E-state index in [-0.39, 0.29) is 6.04 Å². The number of ether oxygens (including phenoxy) is 1. The summed E-state index contributed by atoms with van der Waals surface area (Å²) in [6.45, 7) is 2.64. The Morgan fingerprint density at radius 3 is 3.06 bits per heavy atom. The molecule has 2 rings (SSSR count). The van der Waals surface area contributed by atoms with Gasteiger partial charge in [-0.2, -0.15) is 0 Å². The first-order valence-electron chi connectivity index (χ1n) is 5.89. The van der Waals surface area contributed by atoms with Crippen LogP contribution in [0.25, 0.3) is 0 Å². The summed E-state index contributed by atoms with van der Waals surface area (Å²) in [5, 5.41) is 0. The highest BCUT2D eigenvalue weighted by molar-refractivity contribution is 7.09. The highest BCUT2D eigenvalue weighted by Gasteiger charge is 2.12. The lowest BCUT2D eigenvalue weighted by Crippen LogP contribution is -2.29. The van der Waals surface area contributed by atoms with Crippen molar-refractivity contribution in [3.8, 4) is 5.75 Å². The zero-order chi connectivity index (χ0) is 12.8. The molecule has 1 atom stereocenters. The minimum Gasteiger partial charge on any atom is -0.494 e. The van der Waals surface area contributed by atoms with E-state index in [2.05, 4.69) is 10.4 Å². The van der Waals surface area contributed by atoms with Gasteiger partial charge in [-0.15, -0.1) is 11.3 Å². The first-order valence-corrected chi connectivity index (χ1v) is 6.77. The molecule has 0 spiro atoms. The molecule has 1 unspecified atom stereocenters. The fourth-order valence-electron chi connectivity index (χ4n) is 1.80. The van der Waals surface area contributed by atoms with Crippen LogP contribution in [0.2, 0.25) is 0 Å². The average Bonchev–Trinajstić information content (AvgIpc) is 2.89. The van der Waals surface area contributed by atoms with E-state index in [4.69, 9.17) is 10.6 Å². The maximum absolute atomic E-state index is 5.64. The van der Waals surface area contributed by atoms with Crippen molar-refractivity contribution < 1.29 is 4.74 Å². The van der Waals surface area contributed by atoms with Crippen molar-refractivity contribution in [2.45, 2.75) is 19.4 Å². The molecule has 5 heteroatoms. The topological polar surface area (TPSA) is 60.2 Å². The molecule has 0 aliphatic carbocycles. The van der Waals surface area contributed by atoms with Gasteiger partial charge < -0.3 is 4.74 Å². The predicted molar refractivity (Wildman–Crippen MR) is 73.5 cm³/mol. The fourth-order valence-corrected chi connectivity index (χ4v) is 2.45. The maximum Gasteiger partial charge on any atom is 0.119 e. The highest BCUT2D eigenvalue weighted by atomic mass is 32.1. The van der Waals surface area contributed by atoms with Crippen LogP contribution >= 0.6 is 11.3 Å². The molecule has 0 aliphatic heterocycles. The van der Waals surface area contributed by atoms with Gasteiger partial charge in [0.15, 0.2) is 0 Å². The number of aromatic nitrogens is 1. The monoisotopic (exact) mass is 263 g/mol. The summed E-state index contributed by atoms with van der Waals surface area (Å²) in [6.07, 6.45) is 2.71. The number of hydrogen-bond donors (Lipinski definition) is 2. The van der Waals surface area contributed by atoms with Crippen LogP contribution in [0.5, 0.6) is 5.75 Å². The smallest absolute Gasteiger partial charge is 0.119 e. The SMILES string of the molecule is CCOc1cccc(C(Cc2cncs2)NN)c1. The minimum absolute atomic E-state index is 0.0749. The van der Waals surface area contributed by atoms with Gasteiger partial charge in [-0.3, -0.25) is 16.3 Å². The molecule has 0 fully saturated rings. The van der Waals surface area contributed by atoms with Gasteiger partial charge in [0.25, 0.3) is 0 Å². The minimum atomic E-state index is 0.0749. The van der Waals surface area contributed by atoms with Crippen molar-refractivity contribution in [2.75, 3.05) is 6.61 Å². The van der Waals surface area contributed by atoms with E-state index < -0.39 is 0 Å². The zero-order valence-electron chi connectivity index (χ0n) is 10.3. The zero-order valence-corrected chi connectivity index (χ0v) is 11.1. The van der Waals surface area contributed by atoms with E-state index in [1.807, 2.05) is 42.9 Å². The van der Waals surface area contributed by atoms with E-state index in [0.717, 1.165) is 17.7 Å². The Morgan fingerprint density at radius 1 is 1.50 bits per heavy atom. The molecule has 0 radical (unpaired) electrons. The van der Waals surface area contributed by atoms with Gasteiger partial charge >= 0.3 is 0 Å². The second-order valence-corrected chi connectivity index (χ2v) is 4.87. The van der Waals surface area contributed by atoms with Gasteiger partial charge in [-0.1, -0.05) is 12.1 Å². The summed E-state index contributed by atoms with van der Waals surface area (Å²) >= 11 is 1.64. The molecule has 2 aromatic rings. The third-order valence-corrected chi connectivity index (χ3v) is 3.46. The van der Waals surface area contributed by atoms with Crippen LogP contribution in [-0.4, -0.2) is 11.6 Å². The van der Waals surface area contributed by atoms with Crippen molar-refractivity contribution in [2.24, 2.45) is 5.84 Å². The summed E-state index contributed by atoms with van der Waals surface area (Å²) in [5.74, 6) is 6.51. The van der Waals surface area contributed by atoms with Crippen molar-refractivity contribution in [3.05, 3.63) is 46.4 Å². The molecular weight excluding hydrogens is 246 g/mol. The second-order valence-electron chi connectivity index (χ2n) is 3.90. The molecule has 1 aromatic carbocycles. The van der Waals surface area contributed by atoms with Crippen LogP contribution in [-0.2, 0) is 6.42 Å². The first-order chi connectivity index (χ1) is 8.83. The number of hydrazine groups is 1. The number of nitrogens with one attached hydrogen (secondary N) is 1. The van der Waals surface area contributed by atoms with Gasteiger partial charge in [-0.25, -0.2) is 0 Å².